The molecule has 2 heterocycles. The number of amides is 1. The van der Waals surface area contributed by atoms with E-state index in [9.17, 15) is 9.90 Å². The Labute approximate surface area is 168 Å². The topological polar surface area (TPSA) is 74.6 Å². The highest BCUT2D eigenvalue weighted by molar-refractivity contribution is 8.18. The zero-order chi connectivity index (χ0) is 19.0. The van der Waals surface area contributed by atoms with Crippen molar-refractivity contribution in [2.24, 2.45) is 4.99 Å². The van der Waals surface area contributed by atoms with Crippen LogP contribution >= 0.6 is 35.0 Å². The molecule has 5 nitrogen and oxygen atoms in total. The van der Waals surface area contributed by atoms with Crippen molar-refractivity contribution < 1.29 is 9.90 Å². The van der Waals surface area contributed by atoms with Gasteiger partial charge in [0.25, 0.3) is 5.91 Å². The summed E-state index contributed by atoms with van der Waals surface area (Å²) in [7, 11) is 0. The molecule has 2 N–H and O–H groups in total. The molecule has 2 aromatic carbocycles. The van der Waals surface area contributed by atoms with Crippen molar-refractivity contribution in [3.63, 3.8) is 0 Å². The zero-order valence-electron chi connectivity index (χ0n) is 13.6. The van der Waals surface area contributed by atoms with Gasteiger partial charge in [-0.3, -0.25) is 9.78 Å². The van der Waals surface area contributed by atoms with Crippen LogP contribution in [0, 0.1) is 0 Å². The summed E-state index contributed by atoms with van der Waals surface area (Å²) in [6, 6.07) is 12.0. The average molecular weight is 416 g/mol. The summed E-state index contributed by atoms with van der Waals surface area (Å²) in [6.07, 6.45) is 3.25. The highest BCUT2D eigenvalue weighted by Crippen LogP contribution is 2.35. The van der Waals surface area contributed by atoms with E-state index in [1.54, 1.807) is 36.4 Å². The summed E-state index contributed by atoms with van der Waals surface area (Å²) < 4.78 is 0. The maximum absolute atomic E-state index is 12.2. The lowest BCUT2D eigenvalue weighted by Gasteiger charge is -2.08. The minimum atomic E-state index is -0.360. The molecule has 4 rings (SSSR count). The van der Waals surface area contributed by atoms with Crippen LogP contribution in [0.15, 0.2) is 58.6 Å². The highest BCUT2D eigenvalue weighted by Gasteiger charge is 2.23. The van der Waals surface area contributed by atoms with Crippen LogP contribution in [0.3, 0.4) is 0 Å². The van der Waals surface area contributed by atoms with Crippen LogP contribution < -0.4 is 5.32 Å². The third-order valence-electron chi connectivity index (χ3n) is 3.86. The van der Waals surface area contributed by atoms with Crippen molar-refractivity contribution in [1.82, 2.24) is 4.98 Å². The summed E-state index contributed by atoms with van der Waals surface area (Å²) >= 11 is 13.5. The molecule has 0 bridgehead atoms. The number of halogens is 2. The number of anilines is 1. The number of aromatic nitrogens is 1. The van der Waals surface area contributed by atoms with Gasteiger partial charge in [-0.05, 0) is 53.7 Å². The van der Waals surface area contributed by atoms with Crippen LogP contribution in [-0.2, 0) is 4.79 Å². The smallest absolute Gasteiger partial charge is 0.286 e. The Kier molecular flexibility index (Phi) is 4.78. The fourth-order valence-corrected chi connectivity index (χ4v) is 3.89. The molecule has 8 heteroatoms. The second-order valence-electron chi connectivity index (χ2n) is 5.66. The van der Waals surface area contributed by atoms with Gasteiger partial charge in [0.1, 0.15) is 5.75 Å². The first-order chi connectivity index (χ1) is 13.0. The van der Waals surface area contributed by atoms with Crippen molar-refractivity contribution in [1.29, 1.82) is 0 Å². The lowest BCUT2D eigenvalue weighted by Crippen LogP contribution is -2.05. The molecule has 0 atom stereocenters. The number of hydrogen-bond acceptors (Lipinski definition) is 5. The van der Waals surface area contributed by atoms with Gasteiger partial charge in [0.2, 0.25) is 0 Å². The number of nitrogens with zero attached hydrogens (tertiary/aromatic N) is 2. The van der Waals surface area contributed by atoms with Crippen LogP contribution in [0.2, 0.25) is 10.0 Å². The molecule has 1 aliphatic rings. The van der Waals surface area contributed by atoms with Crippen LogP contribution in [-0.4, -0.2) is 21.2 Å². The highest BCUT2D eigenvalue weighted by atomic mass is 35.5. The van der Waals surface area contributed by atoms with Gasteiger partial charge in [-0.2, -0.15) is 4.99 Å². The van der Waals surface area contributed by atoms with Crippen LogP contribution in [0.25, 0.3) is 17.0 Å². The third-order valence-corrected chi connectivity index (χ3v) is 5.38. The van der Waals surface area contributed by atoms with Crippen LogP contribution in [0.1, 0.15) is 5.56 Å². The minimum absolute atomic E-state index is 0.137. The van der Waals surface area contributed by atoms with E-state index in [-0.39, 0.29) is 11.7 Å². The monoisotopic (exact) mass is 415 g/mol. The number of amidine groups is 1. The Morgan fingerprint density at radius 1 is 1.11 bits per heavy atom. The predicted molar refractivity (Wildman–Crippen MR) is 112 cm³/mol. The fourth-order valence-electron chi connectivity index (χ4n) is 2.58. The van der Waals surface area contributed by atoms with E-state index in [4.69, 9.17) is 23.2 Å². The molecule has 1 aliphatic heterocycles. The number of benzene rings is 2. The van der Waals surface area contributed by atoms with E-state index in [0.717, 1.165) is 5.56 Å². The summed E-state index contributed by atoms with van der Waals surface area (Å²) in [5.74, 6) is -0.223. The molecular formula is C19H11Cl2N3O2S. The van der Waals surface area contributed by atoms with E-state index >= 15 is 0 Å². The van der Waals surface area contributed by atoms with Crippen LogP contribution in [0.4, 0.5) is 5.69 Å². The molecule has 27 heavy (non-hydrogen) atoms. The first-order valence-corrected chi connectivity index (χ1v) is 9.40. The molecule has 1 amide bonds. The Morgan fingerprint density at radius 2 is 1.89 bits per heavy atom. The van der Waals surface area contributed by atoms with E-state index in [1.807, 2.05) is 6.07 Å². The molecule has 0 spiro atoms. The van der Waals surface area contributed by atoms with Gasteiger partial charge in [-0.25, -0.2) is 0 Å². The average Bonchev–Trinajstić information content (AvgIpc) is 2.98. The summed E-state index contributed by atoms with van der Waals surface area (Å²) in [5, 5.41) is 14.9. The number of thioether (sulfide) groups is 1. The first kappa shape index (κ1) is 17.9. The molecule has 0 radical (unpaired) electrons. The fraction of sp³-hybridized carbons (Fsp3) is 0. The minimum Gasteiger partial charge on any atom is -0.507 e. The zero-order valence-corrected chi connectivity index (χ0v) is 15.9. The number of pyridine rings is 1. The molecule has 134 valence electrons. The third kappa shape index (κ3) is 3.64. The Balaban J connectivity index is 1.60. The maximum Gasteiger partial charge on any atom is 0.286 e. The van der Waals surface area contributed by atoms with Gasteiger partial charge >= 0.3 is 0 Å². The van der Waals surface area contributed by atoms with Crippen LogP contribution in [0.5, 0.6) is 5.75 Å². The van der Waals surface area contributed by atoms with Crippen molar-refractivity contribution in [3.8, 4) is 5.75 Å². The molecule has 0 saturated heterocycles. The van der Waals surface area contributed by atoms with Gasteiger partial charge in [0.05, 0.1) is 26.2 Å². The maximum atomic E-state index is 12.2. The van der Waals surface area contributed by atoms with Gasteiger partial charge in [-0.15, -0.1) is 0 Å². The lowest BCUT2D eigenvalue weighted by molar-refractivity contribution is -0.113. The second-order valence-corrected chi connectivity index (χ2v) is 7.51. The van der Waals surface area contributed by atoms with Gasteiger partial charge in [0.15, 0.2) is 5.17 Å². The molecule has 0 unspecified atom stereocenters. The van der Waals surface area contributed by atoms with E-state index in [2.05, 4.69) is 15.3 Å². The number of aliphatic imine (C=N–C) groups is 1. The summed E-state index contributed by atoms with van der Waals surface area (Å²) in [4.78, 5) is 20.9. The van der Waals surface area contributed by atoms with Gasteiger partial charge in [0, 0.05) is 11.6 Å². The Bertz CT molecular complexity index is 1120. The van der Waals surface area contributed by atoms with Gasteiger partial charge < -0.3 is 10.4 Å². The van der Waals surface area contributed by atoms with E-state index in [0.29, 0.717) is 36.7 Å². The molecule has 3 aromatic rings. The predicted octanol–water partition coefficient (Wildman–Crippen LogP) is 5.33. The first-order valence-electron chi connectivity index (χ1n) is 7.82. The second kappa shape index (κ2) is 7.23. The van der Waals surface area contributed by atoms with E-state index < -0.39 is 0 Å². The SMILES string of the molecule is O=C1N=C(Nc2c(Cl)cccc2Cl)S/C1=C\c1ccc2nccc(O)c2c1. The van der Waals surface area contributed by atoms with E-state index in [1.165, 1.54) is 24.0 Å². The molecule has 1 aromatic heterocycles. The van der Waals surface area contributed by atoms with Gasteiger partial charge in [-0.1, -0.05) is 35.3 Å². The number of carbonyl (C=O) groups excluding carboxylic acids is 1. The standard InChI is InChI=1S/C19H11Cl2N3O2S/c20-12-2-1-3-13(21)17(12)23-19-24-18(26)16(27-19)9-10-4-5-14-11(8-10)15(25)6-7-22-14/h1-9H,(H,22,25)(H,23,24,26)/b16-9-. The number of nitrogens with one attached hydrogen (secondary N) is 1. The number of aromatic hydroxyl groups is 1. The molecule has 0 fully saturated rings. The quantitative estimate of drug-likeness (QED) is 0.553. The normalized spacial score (nSPS) is 15.4. The molecule has 0 aliphatic carbocycles. The molecular weight excluding hydrogens is 405 g/mol. The Morgan fingerprint density at radius 3 is 2.67 bits per heavy atom. The van der Waals surface area contributed by atoms with Crippen molar-refractivity contribution >= 4 is 68.7 Å². The van der Waals surface area contributed by atoms with Crippen molar-refractivity contribution in [2.45, 2.75) is 0 Å². The molecule has 0 saturated carbocycles. The van der Waals surface area contributed by atoms with Crippen molar-refractivity contribution in [3.05, 3.63) is 69.2 Å². The summed E-state index contributed by atoms with van der Waals surface area (Å²) in [5.41, 5.74) is 1.94. The van der Waals surface area contributed by atoms with Crippen molar-refractivity contribution in [2.75, 3.05) is 5.32 Å². The number of rotatable bonds is 2. The number of para-hydroxylation sites is 1. The number of fused-ring (bicyclic) bond motifs is 1. The largest absolute Gasteiger partial charge is 0.507 e. The number of hydrogen-bond donors (Lipinski definition) is 2. The summed E-state index contributed by atoms with van der Waals surface area (Å²) in [6.45, 7) is 0. The Hall–Kier alpha value is -2.54. The lowest BCUT2D eigenvalue weighted by atomic mass is 10.1. The number of carbonyl (C=O) groups is 1.